The van der Waals surface area contributed by atoms with E-state index in [2.05, 4.69) is 18.4 Å². The van der Waals surface area contributed by atoms with Crippen molar-refractivity contribution in [3.8, 4) is 0 Å². The molecular weight excluding hydrogens is 202 g/mol. The van der Waals surface area contributed by atoms with E-state index >= 15 is 0 Å². The second kappa shape index (κ2) is 7.44. The summed E-state index contributed by atoms with van der Waals surface area (Å²) in [5.41, 5.74) is 0. The van der Waals surface area contributed by atoms with Crippen molar-refractivity contribution >= 4 is 5.97 Å². The van der Waals surface area contributed by atoms with Crippen LogP contribution in [-0.2, 0) is 9.53 Å². The second-order valence-corrected chi connectivity index (χ2v) is 4.33. The third-order valence-corrected chi connectivity index (χ3v) is 3.02. The molecule has 1 aliphatic heterocycles. The molecule has 0 amide bonds. The summed E-state index contributed by atoms with van der Waals surface area (Å²) < 4.78 is 5.40. The molecule has 1 atom stereocenters. The zero-order valence-corrected chi connectivity index (χ0v) is 10.3. The van der Waals surface area contributed by atoms with Crippen molar-refractivity contribution in [1.29, 1.82) is 0 Å². The second-order valence-electron chi connectivity index (χ2n) is 4.33. The number of nitrogens with zero attached hydrogens (tertiary/aromatic N) is 1. The van der Waals surface area contributed by atoms with Crippen molar-refractivity contribution in [3.05, 3.63) is 12.7 Å². The molecule has 1 unspecified atom stereocenters. The van der Waals surface area contributed by atoms with Crippen molar-refractivity contribution in [1.82, 2.24) is 4.90 Å². The molecule has 3 heteroatoms. The number of carbonyl (C=O) groups is 1. The highest BCUT2D eigenvalue weighted by atomic mass is 16.6. The van der Waals surface area contributed by atoms with Crippen molar-refractivity contribution in [3.63, 3.8) is 0 Å². The molecular formula is C13H23NO2. The fourth-order valence-corrected chi connectivity index (χ4v) is 2.10. The number of esters is 1. The topological polar surface area (TPSA) is 29.5 Å². The fraction of sp³-hybridized carbons (Fsp3) is 0.769. The Balaban J connectivity index is 2.39. The zero-order valence-electron chi connectivity index (χ0n) is 10.3. The first-order chi connectivity index (χ1) is 7.77. The molecule has 3 nitrogen and oxygen atoms in total. The van der Waals surface area contributed by atoms with Gasteiger partial charge in [0, 0.05) is 19.2 Å². The highest BCUT2D eigenvalue weighted by Gasteiger charge is 2.23. The van der Waals surface area contributed by atoms with Gasteiger partial charge in [-0.25, -0.2) is 4.79 Å². The predicted octanol–water partition coefficient (Wildman–Crippen LogP) is 2.72. The fourth-order valence-electron chi connectivity index (χ4n) is 2.10. The summed E-state index contributed by atoms with van der Waals surface area (Å²) in [5.74, 6) is -0.298. The van der Waals surface area contributed by atoms with Crippen molar-refractivity contribution in [2.24, 2.45) is 0 Å². The molecule has 1 fully saturated rings. The largest absolute Gasteiger partial charge is 0.443 e. The normalized spacial score (nSPS) is 18.3. The predicted molar refractivity (Wildman–Crippen MR) is 65.0 cm³/mol. The van der Waals surface area contributed by atoms with Crippen LogP contribution >= 0.6 is 0 Å². The average Bonchev–Trinajstić information content (AvgIpc) is 2.81. The molecule has 0 aromatic carbocycles. The summed E-state index contributed by atoms with van der Waals surface area (Å²) in [6.45, 7) is 7.74. The molecule has 92 valence electrons. The summed E-state index contributed by atoms with van der Waals surface area (Å²) in [5, 5.41) is 0. The zero-order chi connectivity index (χ0) is 11.8. The highest BCUT2D eigenvalue weighted by molar-refractivity contribution is 5.81. The number of likely N-dealkylation sites (tertiary alicyclic amines) is 1. The first-order valence-corrected chi connectivity index (χ1v) is 6.35. The van der Waals surface area contributed by atoms with E-state index in [0.29, 0.717) is 0 Å². The van der Waals surface area contributed by atoms with Gasteiger partial charge in [0.2, 0.25) is 0 Å². The van der Waals surface area contributed by atoms with Gasteiger partial charge < -0.3 is 4.74 Å². The van der Waals surface area contributed by atoms with Crippen LogP contribution in [0.3, 0.4) is 0 Å². The summed E-state index contributed by atoms with van der Waals surface area (Å²) in [6, 6.07) is 0. The highest BCUT2D eigenvalue weighted by Crippen LogP contribution is 2.17. The molecule has 1 rings (SSSR count). The number of rotatable bonds is 7. The van der Waals surface area contributed by atoms with Gasteiger partial charge in [0.15, 0.2) is 6.23 Å². The van der Waals surface area contributed by atoms with E-state index < -0.39 is 0 Å². The van der Waals surface area contributed by atoms with Crippen LogP contribution in [0.5, 0.6) is 0 Å². The van der Waals surface area contributed by atoms with Crippen LogP contribution < -0.4 is 0 Å². The van der Waals surface area contributed by atoms with Crippen LogP contribution in [0.25, 0.3) is 0 Å². The molecule has 1 saturated heterocycles. The summed E-state index contributed by atoms with van der Waals surface area (Å²) >= 11 is 0. The maximum atomic E-state index is 11.2. The van der Waals surface area contributed by atoms with Gasteiger partial charge in [-0.05, 0) is 25.7 Å². The Morgan fingerprint density at radius 3 is 2.69 bits per heavy atom. The molecule has 0 aromatic heterocycles. The lowest BCUT2D eigenvalue weighted by atomic mass is 10.2. The first kappa shape index (κ1) is 13.2. The summed E-state index contributed by atoms with van der Waals surface area (Å²) in [4.78, 5) is 13.5. The van der Waals surface area contributed by atoms with Gasteiger partial charge in [-0.3, -0.25) is 4.90 Å². The van der Waals surface area contributed by atoms with Crippen molar-refractivity contribution in [2.75, 3.05) is 13.1 Å². The minimum absolute atomic E-state index is 0.0282. The van der Waals surface area contributed by atoms with E-state index in [1.165, 1.54) is 31.8 Å². The molecule has 0 saturated carbocycles. The summed E-state index contributed by atoms with van der Waals surface area (Å²) in [7, 11) is 0. The first-order valence-electron chi connectivity index (χ1n) is 6.35. The maximum Gasteiger partial charge on any atom is 0.331 e. The maximum absolute atomic E-state index is 11.2. The van der Waals surface area contributed by atoms with Gasteiger partial charge in [-0.1, -0.05) is 26.3 Å². The Bertz CT molecular complexity index is 222. The Morgan fingerprint density at radius 1 is 1.44 bits per heavy atom. The quantitative estimate of drug-likeness (QED) is 0.379. The number of unbranched alkanes of at least 4 members (excludes halogenated alkanes) is 2. The number of hydrogen-bond acceptors (Lipinski definition) is 3. The van der Waals surface area contributed by atoms with Gasteiger partial charge in [0.25, 0.3) is 0 Å². The number of carbonyl (C=O) groups excluding carboxylic acids is 1. The lowest BCUT2D eigenvalue weighted by Crippen LogP contribution is -2.36. The molecule has 0 radical (unpaired) electrons. The Labute approximate surface area is 98.5 Å². The van der Waals surface area contributed by atoms with E-state index in [-0.39, 0.29) is 12.2 Å². The Kier molecular flexibility index (Phi) is 6.16. The molecule has 16 heavy (non-hydrogen) atoms. The number of hydrogen-bond donors (Lipinski definition) is 0. The van der Waals surface area contributed by atoms with Crippen LogP contribution in [0.15, 0.2) is 12.7 Å². The van der Waals surface area contributed by atoms with E-state index in [1.54, 1.807) is 0 Å². The van der Waals surface area contributed by atoms with Gasteiger partial charge in [0.05, 0.1) is 0 Å². The van der Waals surface area contributed by atoms with E-state index in [1.807, 2.05) is 0 Å². The van der Waals surface area contributed by atoms with Crippen LogP contribution in [0.1, 0.15) is 45.4 Å². The van der Waals surface area contributed by atoms with Crippen LogP contribution in [-0.4, -0.2) is 30.2 Å². The third-order valence-electron chi connectivity index (χ3n) is 3.02. The van der Waals surface area contributed by atoms with E-state index in [0.717, 1.165) is 25.9 Å². The molecule has 1 aliphatic rings. The minimum atomic E-state index is -0.298. The van der Waals surface area contributed by atoms with Crippen molar-refractivity contribution < 1.29 is 9.53 Å². The molecule has 0 aromatic rings. The van der Waals surface area contributed by atoms with Gasteiger partial charge >= 0.3 is 5.97 Å². The van der Waals surface area contributed by atoms with E-state index in [9.17, 15) is 4.79 Å². The molecule has 0 bridgehead atoms. The van der Waals surface area contributed by atoms with Gasteiger partial charge in [-0.15, -0.1) is 0 Å². The lowest BCUT2D eigenvalue weighted by Gasteiger charge is -2.26. The molecule has 1 heterocycles. The number of ether oxygens (including phenoxy) is 1. The Hall–Kier alpha value is -0.830. The van der Waals surface area contributed by atoms with Crippen LogP contribution in [0.2, 0.25) is 0 Å². The SMILES string of the molecule is C=CC(=O)OC(CCCCC)N1CCCC1. The standard InChI is InChI=1S/C13H23NO2/c1-3-5-6-9-12(16-13(15)4-2)14-10-7-8-11-14/h4,12H,2-3,5-11H2,1H3. The van der Waals surface area contributed by atoms with Crippen molar-refractivity contribution in [2.45, 2.75) is 51.7 Å². The molecule has 0 N–H and O–H groups in total. The monoisotopic (exact) mass is 225 g/mol. The summed E-state index contributed by atoms with van der Waals surface area (Å²) in [6.07, 6.45) is 8.14. The lowest BCUT2D eigenvalue weighted by molar-refractivity contribution is -0.152. The minimum Gasteiger partial charge on any atom is -0.443 e. The van der Waals surface area contributed by atoms with Crippen LogP contribution in [0.4, 0.5) is 0 Å². The van der Waals surface area contributed by atoms with Crippen LogP contribution in [0, 0.1) is 0 Å². The van der Waals surface area contributed by atoms with Gasteiger partial charge in [-0.2, -0.15) is 0 Å². The smallest absolute Gasteiger partial charge is 0.331 e. The third kappa shape index (κ3) is 4.35. The molecule has 0 aliphatic carbocycles. The average molecular weight is 225 g/mol. The molecule has 0 spiro atoms. The Morgan fingerprint density at radius 2 is 2.12 bits per heavy atom. The van der Waals surface area contributed by atoms with Gasteiger partial charge in [0.1, 0.15) is 0 Å². The van der Waals surface area contributed by atoms with E-state index in [4.69, 9.17) is 4.74 Å².